The first-order valence-corrected chi connectivity index (χ1v) is 10.4. The summed E-state index contributed by atoms with van der Waals surface area (Å²) in [6.45, 7) is 6.91. The minimum atomic E-state index is -3.48. The van der Waals surface area contributed by atoms with E-state index in [2.05, 4.69) is 5.32 Å². The zero-order valence-corrected chi connectivity index (χ0v) is 17.4. The van der Waals surface area contributed by atoms with Gasteiger partial charge in [0.05, 0.1) is 4.90 Å². The number of amides is 1. The molecule has 1 heterocycles. The van der Waals surface area contributed by atoms with Crippen LogP contribution < -0.4 is 5.32 Å². The maximum absolute atomic E-state index is 12.7. The summed E-state index contributed by atoms with van der Waals surface area (Å²) >= 11 is 0. The molecule has 6 nitrogen and oxygen atoms in total. The van der Waals surface area contributed by atoms with Gasteiger partial charge >= 0.3 is 0 Å². The van der Waals surface area contributed by atoms with Crippen LogP contribution in [-0.4, -0.2) is 63.3 Å². The fraction of sp³-hybridized carbons (Fsp3) is 0.611. The maximum atomic E-state index is 12.7. The number of sulfonamides is 1. The van der Waals surface area contributed by atoms with Gasteiger partial charge in [0.2, 0.25) is 10.0 Å². The fourth-order valence-electron chi connectivity index (χ4n) is 3.37. The average molecular weight is 404 g/mol. The van der Waals surface area contributed by atoms with E-state index in [4.69, 9.17) is 0 Å². The number of benzene rings is 1. The van der Waals surface area contributed by atoms with E-state index >= 15 is 0 Å². The summed E-state index contributed by atoms with van der Waals surface area (Å²) in [7, 11) is -1.56. The third kappa shape index (κ3) is 5.19. The lowest BCUT2D eigenvalue weighted by Gasteiger charge is -2.32. The highest BCUT2D eigenvalue weighted by Crippen LogP contribution is 2.20. The fourth-order valence-corrected chi connectivity index (χ4v) is 4.83. The molecule has 1 unspecified atom stereocenters. The van der Waals surface area contributed by atoms with Crippen LogP contribution in [0.2, 0.25) is 0 Å². The number of nitrogens with one attached hydrogen (secondary N) is 1. The summed E-state index contributed by atoms with van der Waals surface area (Å²) < 4.78 is 26.4. The van der Waals surface area contributed by atoms with Gasteiger partial charge in [-0.3, -0.25) is 4.79 Å². The van der Waals surface area contributed by atoms with Crippen LogP contribution in [0.4, 0.5) is 0 Å². The van der Waals surface area contributed by atoms with E-state index < -0.39 is 10.0 Å². The molecule has 8 heteroatoms. The Balaban J connectivity index is 0.00000338. The molecule has 148 valence electrons. The molecule has 0 bridgehead atoms. The third-order valence-corrected chi connectivity index (χ3v) is 6.81. The van der Waals surface area contributed by atoms with Crippen LogP contribution in [0.25, 0.3) is 0 Å². The number of hydrogen-bond donors (Lipinski definition) is 1. The minimum absolute atomic E-state index is 0. The molecule has 1 aromatic carbocycles. The summed E-state index contributed by atoms with van der Waals surface area (Å²) in [5.41, 5.74) is 0.545. The van der Waals surface area contributed by atoms with Gasteiger partial charge in [0.25, 0.3) is 5.91 Å². The van der Waals surface area contributed by atoms with Gasteiger partial charge in [0.15, 0.2) is 0 Å². The van der Waals surface area contributed by atoms with Crippen LogP contribution in [0, 0.1) is 5.92 Å². The summed E-state index contributed by atoms with van der Waals surface area (Å²) in [5, 5.41) is 3.17. The van der Waals surface area contributed by atoms with Crippen LogP contribution in [-0.2, 0) is 10.0 Å². The van der Waals surface area contributed by atoms with Gasteiger partial charge in [-0.1, -0.05) is 13.8 Å². The van der Waals surface area contributed by atoms with Gasteiger partial charge in [0.1, 0.15) is 0 Å². The van der Waals surface area contributed by atoms with Crippen molar-refractivity contribution in [1.29, 1.82) is 0 Å². The standard InChI is InChI=1S/C18H29N3O3S.ClH/c1-4-21(5-2)25(23,24)17-10-8-16(9-11-17)18(22)20-12-6-7-15(14-20)13-19-3;/h8-11,15,19H,4-7,12-14H2,1-3H3;1H. The van der Waals surface area contributed by atoms with Crippen molar-refractivity contribution >= 4 is 28.3 Å². The lowest BCUT2D eigenvalue weighted by Crippen LogP contribution is -2.42. The number of carbonyl (C=O) groups excluding carboxylic acids is 1. The van der Waals surface area contributed by atoms with Crippen molar-refractivity contribution in [3.63, 3.8) is 0 Å². The summed E-state index contributed by atoms with van der Waals surface area (Å²) in [6, 6.07) is 6.33. The second-order valence-electron chi connectivity index (χ2n) is 6.43. The van der Waals surface area contributed by atoms with Crippen molar-refractivity contribution < 1.29 is 13.2 Å². The Labute approximate surface area is 163 Å². The lowest BCUT2D eigenvalue weighted by atomic mass is 9.97. The Bertz CT molecular complexity index is 673. The molecule has 1 atom stereocenters. The summed E-state index contributed by atoms with van der Waals surface area (Å²) in [5.74, 6) is 0.456. The van der Waals surface area contributed by atoms with Gasteiger partial charge in [-0.15, -0.1) is 12.4 Å². The van der Waals surface area contributed by atoms with E-state index in [1.165, 1.54) is 16.4 Å². The van der Waals surface area contributed by atoms with Crippen molar-refractivity contribution in [1.82, 2.24) is 14.5 Å². The number of hydrogen-bond acceptors (Lipinski definition) is 4. The van der Waals surface area contributed by atoms with Gasteiger partial charge in [-0.25, -0.2) is 8.42 Å². The Morgan fingerprint density at radius 1 is 1.23 bits per heavy atom. The molecule has 1 N–H and O–H groups in total. The SMILES string of the molecule is CCN(CC)S(=O)(=O)c1ccc(C(=O)N2CCCC(CNC)C2)cc1.Cl. The van der Waals surface area contributed by atoms with Gasteiger partial charge < -0.3 is 10.2 Å². The number of nitrogens with zero attached hydrogens (tertiary/aromatic N) is 2. The number of carbonyl (C=O) groups is 1. The molecule has 0 saturated carbocycles. The Morgan fingerprint density at radius 2 is 1.85 bits per heavy atom. The molecule has 1 aromatic rings. The maximum Gasteiger partial charge on any atom is 0.253 e. The highest BCUT2D eigenvalue weighted by molar-refractivity contribution is 7.89. The quantitative estimate of drug-likeness (QED) is 0.757. The molecule has 0 aliphatic carbocycles. The predicted octanol–water partition coefficient (Wildman–Crippen LogP) is 2.21. The normalized spacial score (nSPS) is 17.8. The molecule has 2 rings (SSSR count). The summed E-state index contributed by atoms with van der Waals surface area (Å²) in [6.07, 6.45) is 2.14. The van der Waals surface area contributed by atoms with E-state index in [1.54, 1.807) is 12.1 Å². The van der Waals surface area contributed by atoms with Crippen LogP contribution in [0.1, 0.15) is 37.0 Å². The molecule has 1 fully saturated rings. The van der Waals surface area contributed by atoms with Crippen molar-refractivity contribution in [3.8, 4) is 0 Å². The van der Waals surface area contributed by atoms with E-state index in [9.17, 15) is 13.2 Å². The molecular formula is C18H30ClN3O3S. The number of likely N-dealkylation sites (tertiary alicyclic amines) is 1. The minimum Gasteiger partial charge on any atom is -0.338 e. The van der Waals surface area contributed by atoms with Gasteiger partial charge in [0, 0.05) is 31.7 Å². The molecule has 0 spiro atoms. The van der Waals surface area contributed by atoms with E-state index in [0.717, 1.165) is 32.5 Å². The van der Waals surface area contributed by atoms with Crippen LogP contribution in [0.5, 0.6) is 0 Å². The lowest BCUT2D eigenvalue weighted by molar-refractivity contribution is 0.0674. The second kappa shape index (κ2) is 10.3. The van der Waals surface area contributed by atoms with Crippen LogP contribution in [0.3, 0.4) is 0 Å². The Hall–Kier alpha value is -1.15. The third-order valence-electron chi connectivity index (χ3n) is 4.74. The van der Waals surface area contributed by atoms with E-state index in [0.29, 0.717) is 24.6 Å². The van der Waals surface area contributed by atoms with Gasteiger partial charge in [-0.2, -0.15) is 4.31 Å². The first-order valence-electron chi connectivity index (χ1n) is 8.98. The smallest absolute Gasteiger partial charge is 0.253 e. The first-order chi connectivity index (χ1) is 11.9. The molecule has 1 aliphatic heterocycles. The molecule has 0 aromatic heterocycles. The number of halogens is 1. The molecule has 1 saturated heterocycles. The zero-order chi connectivity index (χ0) is 18.4. The molecule has 0 radical (unpaired) electrons. The van der Waals surface area contributed by atoms with Gasteiger partial charge in [-0.05, 0) is 56.6 Å². The second-order valence-corrected chi connectivity index (χ2v) is 8.37. The van der Waals surface area contributed by atoms with Crippen LogP contribution >= 0.6 is 12.4 Å². The number of piperidine rings is 1. The zero-order valence-electron chi connectivity index (χ0n) is 15.8. The van der Waals surface area contributed by atoms with Crippen molar-refractivity contribution in [2.24, 2.45) is 5.92 Å². The molecular weight excluding hydrogens is 374 g/mol. The molecule has 1 aliphatic rings. The molecule has 26 heavy (non-hydrogen) atoms. The predicted molar refractivity (Wildman–Crippen MR) is 106 cm³/mol. The average Bonchev–Trinajstić information content (AvgIpc) is 2.62. The highest BCUT2D eigenvalue weighted by Gasteiger charge is 2.25. The highest BCUT2D eigenvalue weighted by atomic mass is 35.5. The Morgan fingerprint density at radius 3 is 2.38 bits per heavy atom. The van der Waals surface area contributed by atoms with E-state index in [-0.39, 0.29) is 23.2 Å². The van der Waals surface area contributed by atoms with Crippen molar-refractivity contribution in [2.45, 2.75) is 31.6 Å². The topological polar surface area (TPSA) is 69.7 Å². The molecule has 1 amide bonds. The number of rotatable bonds is 7. The van der Waals surface area contributed by atoms with Crippen LogP contribution in [0.15, 0.2) is 29.2 Å². The van der Waals surface area contributed by atoms with E-state index in [1.807, 2.05) is 25.8 Å². The Kier molecular flexibility index (Phi) is 9.03. The monoisotopic (exact) mass is 403 g/mol. The van der Waals surface area contributed by atoms with Crippen molar-refractivity contribution in [3.05, 3.63) is 29.8 Å². The first kappa shape index (κ1) is 22.9. The van der Waals surface area contributed by atoms with Crippen molar-refractivity contribution in [2.75, 3.05) is 39.8 Å². The largest absolute Gasteiger partial charge is 0.338 e. The summed E-state index contributed by atoms with van der Waals surface area (Å²) in [4.78, 5) is 14.8.